The zero-order chi connectivity index (χ0) is 91.0. The fourth-order valence-electron chi connectivity index (χ4n) is 17.7. The van der Waals surface area contributed by atoms with Crippen LogP contribution in [0.3, 0.4) is 0 Å². The maximum absolute atomic E-state index is 6.16. The van der Waals surface area contributed by atoms with E-state index in [1.54, 1.807) is 0 Å². The van der Waals surface area contributed by atoms with Crippen LogP contribution in [0.5, 0.6) is 0 Å². The average Bonchev–Trinajstić information content (AvgIpc) is 0.717. The third-order valence-corrected chi connectivity index (χ3v) is 24.2. The van der Waals surface area contributed by atoms with Crippen LogP contribution >= 0.6 is 0 Å². The fourth-order valence-corrected chi connectivity index (χ4v) is 17.7. The number of aliphatic imine (C=N–C) groups is 8. The van der Waals surface area contributed by atoms with Crippen LogP contribution in [0.4, 0.5) is 45.5 Å². The lowest BCUT2D eigenvalue weighted by atomic mass is 9.79. The molecule has 0 spiro atoms. The van der Waals surface area contributed by atoms with Gasteiger partial charge in [0, 0.05) is 89.0 Å². The van der Waals surface area contributed by atoms with Crippen molar-refractivity contribution in [2.24, 2.45) is 39.9 Å². The molecule has 0 atom stereocenters. The summed E-state index contributed by atoms with van der Waals surface area (Å²) in [6.07, 6.45) is 0. The zero-order valence-electron chi connectivity index (χ0n) is 74.4. The molecule has 0 N–H and O–H groups in total. The molecule has 136 heavy (non-hydrogen) atoms. The van der Waals surface area contributed by atoms with Crippen LogP contribution < -0.4 is 0 Å². The van der Waals surface area contributed by atoms with E-state index in [9.17, 15) is 0 Å². The zero-order valence-corrected chi connectivity index (χ0v) is 74.4. The lowest BCUT2D eigenvalue weighted by molar-refractivity contribution is 1.37. The van der Waals surface area contributed by atoms with Crippen LogP contribution in [0, 0.1) is 0 Å². The Balaban J connectivity index is 1.02. The van der Waals surface area contributed by atoms with Crippen LogP contribution in [0.25, 0.3) is 44.5 Å². The minimum atomic E-state index is 0.584. The molecule has 1 aliphatic carbocycles. The first-order valence-electron chi connectivity index (χ1n) is 45.8. The summed E-state index contributed by atoms with van der Waals surface area (Å²) in [6.45, 7) is 0. The van der Waals surface area contributed by atoms with Crippen molar-refractivity contribution < 1.29 is 0 Å². The number of benzene rings is 20. The van der Waals surface area contributed by atoms with E-state index in [1.165, 1.54) is 0 Å². The summed E-state index contributed by atoms with van der Waals surface area (Å²) in [5, 5.41) is 0. The minimum absolute atomic E-state index is 0.584. The monoisotopic (exact) mass is 1740 g/mol. The highest BCUT2D eigenvalue weighted by Gasteiger charge is 2.31. The molecule has 0 aromatic heterocycles. The van der Waals surface area contributed by atoms with Gasteiger partial charge in [0.05, 0.1) is 91.2 Å². The first kappa shape index (κ1) is 84.6. The second kappa shape index (κ2) is 40.0. The molecule has 20 aromatic carbocycles. The predicted molar refractivity (Wildman–Crippen MR) is 567 cm³/mol. The normalized spacial score (nSPS) is 10.9. The number of rotatable bonds is 24. The summed E-state index contributed by atoms with van der Waals surface area (Å²) < 4.78 is 0. The van der Waals surface area contributed by atoms with Crippen molar-refractivity contribution in [2.75, 3.05) is 0 Å². The van der Waals surface area contributed by atoms with Crippen molar-refractivity contribution in [2.45, 2.75) is 0 Å². The summed E-state index contributed by atoms with van der Waals surface area (Å²) >= 11 is 0. The highest BCUT2D eigenvalue weighted by molar-refractivity contribution is 6.23. The van der Waals surface area contributed by atoms with Crippen molar-refractivity contribution in [1.82, 2.24) is 0 Å². The molecule has 0 fully saturated rings. The highest BCUT2D eigenvalue weighted by atomic mass is 14.9. The summed E-state index contributed by atoms with van der Waals surface area (Å²) in [5.41, 5.74) is 31.6. The van der Waals surface area contributed by atoms with Crippen molar-refractivity contribution in [3.05, 3.63) is 623 Å². The molecule has 0 saturated carbocycles. The third-order valence-electron chi connectivity index (χ3n) is 24.2. The molecule has 0 radical (unpaired) electrons. The third kappa shape index (κ3) is 18.7. The molecule has 8 heteroatoms. The smallest absolute Gasteiger partial charge is 0.0900 e. The van der Waals surface area contributed by atoms with Gasteiger partial charge in [0.25, 0.3) is 0 Å². The van der Waals surface area contributed by atoms with Crippen LogP contribution in [-0.2, 0) is 0 Å². The Bertz CT molecular complexity index is 6120. The topological polar surface area (TPSA) is 98.9 Å². The molecule has 0 amide bonds. The van der Waals surface area contributed by atoms with Gasteiger partial charge in [0.15, 0.2) is 0 Å². The highest BCUT2D eigenvalue weighted by Crippen LogP contribution is 2.57. The van der Waals surface area contributed by atoms with Gasteiger partial charge in [-0.15, -0.1) is 0 Å². The van der Waals surface area contributed by atoms with E-state index < -0.39 is 0 Å². The number of hydrogen-bond acceptors (Lipinski definition) is 8. The Morgan fingerprint density at radius 1 is 0.0882 bits per heavy atom. The standard InChI is InChI=1S/C128H88N8/c1-17-49-89(50-18-1)121(90-51-19-2-20-52-90)129-113-81-105-106(82-114(113)130-122(91-53-21-3-22-54-91)92-55-23-4-24-56-92)108-84-116(132-124(95-61-29-7-30-62-95)96-63-31-8-32-64-96)118(134-126(99-69-37-11-38-70-99)100-71-39-12-40-72-100)86-110(108)112-88-120(136-128(103-77-45-15-46-78-103)104-79-47-16-48-80-104)119(135-127(101-73-41-13-42-74-101)102-75-43-14-44-76-102)87-111(112)109-85-117(133-125(97-65-33-9-34-66-97)98-67-35-10-36-68-98)115(83-107(105)109)131-123(93-57-25-5-26-58-93)94-59-27-6-28-60-94/h1-88H. The second-order valence-electron chi connectivity index (χ2n) is 33.1. The first-order chi connectivity index (χ1) is 67.5. The molecule has 0 aliphatic heterocycles. The van der Waals surface area contributed by atoms with E-state index in [-0.39, 0.29) is 0 Å². The van der Waals surface area contributed by atoms with Crippen molar-refractivity contribution in [1.29, 1.82) is 0 Å². The molecule has 20 aromatic rings. The Morgan fingerprint density at radius 2 is 0.154 bits per heavy atom. The van der Waals surface area contributed by atoms with E-state index in [2.05, 4.69) is 534 Å². The van der Waals surface area contributed by atoms with Crippen molar-refractivity contribution in [3.63, 3.8) is 0 Å². The van der Waals surface area contributed by atoms with Gasteiger partial charge in [0.2, 0.25) is 0 Å². The summed E-state index contributed by atoms with van der Waals surface area (Å²) in [5.74, 6) is 0. The molecule has 0 bridgehead atoms. The fraction of sp³-hybridized carbons (Fsp3) is 0. The molecule has 21 rings (SSSR count). The minimum Gasteiger partial charge on any atom is -0.245 e. The molecule has 8 nitrogen and oxygen atoms in total. The van der Waals surface area contributed by atoms with E-state index in [0.29, 0.717) is 45.5 Å². The van der Waals surface area contributed by atoms with Crippen molar-refractivity contribution >= 4 is 91.2 Å². The van der Waals surface area contributed by atoms with Crippen LogP contribution in [-0.4, -0.2) is 45.7 Å². The van der Waals surface area contributed by atoms with Crippen LogP contribution in [0.2, 0.25) is 0 Å². The second-order valence-corrected chi connectivity index (χ2v) is 33.1. The quantitative estimate of drug-likeness (QED) is 0.0539. The van der Waals surface area contributed by atoms with E-state index in [4.69, 9.17) is 39.9 Å². The molecule has 640 valence electrons. The van der Waals surface area contributed by atoms with Gasteiger partial charge in [-0.3, -0.25) is 0 Å². The number of hydrogen-bond donors (Lipinski definition) is 0. The van der Waals surface area contributed by atoms with E-state index >= 15 is 0 Å². The summed E-state index contributed by atoms with van der Waals surface area (Å²) in [6, 6.07) is 186. The molecule has 0 heterocycles. The van der Waals surface area contributed by atoms with Gasteiger partial charge in [-0.25, -0.2) is 39.9 Å². The SMILES string of the molecule is c1ccc(C(=Nc2cc3c(cc2N=C(c2ccccc2)c2ccccc2)-c2cc(N=C(c4ccccc4)c4ccccc4)c(N=C(c4ccccc4)c4ccccc4)cc2-c2cc(N=C(c4ccccc4)c4ccccc4)c(N=C(c4ccccc4)c4ccccc4)cc2-c2cc(N=C(c4ccccc4)c4ccccc4)c(N=C(c4ccccc4)c4ccccc4)cc2-3)c2ccccc2)cc1. The Morgan fingerprint density at radius 3 is 0.221 bits per heavy atom. The average molecular weight is 1740 g/mol. The lowest BCUT2D eigenvalue weighted by Gasteiger charge is -2.27. The molecular formula is C128H88N8. The molecule has 0 saturated heterocycles. The summed E-state index contributed by atoms with van der Waals surface area (Å²) in [4.78, 5) is 49.3. The molecule has 1 aliphatic rings. The predicted octanol–water partition coefficient (Wildman–Crippen LogP) is 32.0. The van der Waals surface area contributed by atoms with E-state index in [0.717, 1.165) is 179 Å². The van der Waals surface area contributed by atoms with Gasteiger partial charge < -0.3 is 0 Å². The van der Waals surface area contributed by atoms with Gasteiger partial charge in [0.1, 0.15) is 0 Å². The maximum Gasteiger partial charge on any atom is 0.0900 e. The van der Waals surface area contributed by atoms with Gasteiger partial charge in [-0.2, -0.15) is 0 Å². The van der Waals surface area contributed by atoms with Crippen LogP contribution in [0.1, 0.15) is 89.0 Å². The summed E-state index contributed by atoms with van der Waals surface area (Å²) in [7, 11) is 0. The van der Waals surface area contributed by atoms with Crippen LogP contribution in [0.15, 0.2) is 574 Å². The van der Waals surface area contributed by atoms with Crippen molar-refractivity contribution in [3.8, 4) is 44.5 Å². The molecular weight excluding hydrogens is 1650 g/mol. The van der Waals surface area contributed by atoms with E-state index in [1.807, 2.05) is 0 Å². The Hall–Kier alpha value is -18.2. The Labute approximate surface area is 793 Å². The Kier molecular flexibility index (Phi) is 24.9. The van der Waals surface area contributed by atoms with Gasteiger partial charge >= 0.3 is 0 Å². The number of nitrogens with zero attached hydrogens (tertiary/aromatic N) is 8. The maximum atomic E-state index is 6.16. The lowest BCUT2D eigenvalue weighted by Crippen LogP contribution is -2.06. The number of fused-ring (bicyclic) bond motifs is 8. The molecule has 0 unspecified atom stereocenters. The largest absolute Gasteiger partial charge is 0.245 e. The first-order valence-corrected chi connectivity index (χ1v) is 45.8. The van der Waals surface area contributed by atoms with Gasteiger partial charge in [-0.05, 0) is 93.0 Å². The van der Waals surface area contributed by atoms with Gasteiger partial charge in [-0.1, -0.05) is 485 Å².